The third kappa shape index (κ3) is 3.88. The molecule has 4 nitrogen and oxygen atoms in total. The van der Waals surface area contributed by atoms with Crippen LogP contribution in [0.3, 0.4) is 0 Å². The first-order chi connectivity index (χ1) is 11.8. The lowest BCUT2D eigenvalue weighted by Crippen LogP contribution is -2.42. The summed E-state index contributed by atoms with van der Waals surface area (Å²) in [5, 5.41) is 3.55. The second-order valence-electron chi connectivity index (χ2n) is 6.01. The molecule has 2 aromatic carbocycles. The molecular formula is C20H24N2O2. The van der Waals surface area contributed by atoms with Crippen molar-refractivity contribution in [3.05, 3.63) is 60.2 Å². The Morgan fingerprint density at radius 1 is 1.08 bits per heavy atom. The van der Waals surface area contributed by atoms with E-state index in [4.69, 9.17) is 4.74 Å². The molecule has 24 heavy (non-hydrogen) atoms. The Bertz CT molecular complexity index is 664. The lowest BCUT2D eigenvalue weighted by molar-refractivity contribution is 0.0714. The molecule has 1 aliphatic rings. The number of carbonyl (C=O) groups is 1. The number of ether oxygens (including phenoxy) is 1. The number of likely N-dealkylation sites (tertiary alicyclic amines) is 1. The maximum atomic E-state index is 12.8. The number of hydrogen-bond acceptors (Lipinski definition) is 3. The second kappa shape index (κ2) is 7.86. The Balaban J connectivity index is 1.59. The van der Waals surface area contributed by atoms with Crippen molar-refractivity contribution in [2.45, 2.75) is 25.8 Å². The van der Waals surface area contributed by atoms with Gasteiger partial charge in [0, 0.05) is 24.8 Å². The Kier molecular flexibility index (Phi) is 5.36. The molecule has 4 heteroatoms. The van der Waals surface area contributed by atoms with E-state index in [0.29, 0.717) is 24.0 Å². The molecule has 126 valence electrons. The topological polar surface area (TPSA) is 41.6 Å². The quantitative estimate of drug-likeness (QED) is 0.909. The molecule has 1 aliphatic heterocycles. The Labute approximate surface area is 143 Å². The zero-order valence-electron chi connectivity index (χ0n) is 14.1. The van der Waals surface area contributed by atoms with Gasteiger partial charge < -0.3 is 15.0 Å². The number of benzene rings is 2. The van der Waals surface area contributed by atoms with Crippen molar-refractivity contribution in [2.24, 2.45) is 0 Å². The summed E-state index contributed by atoms with van der Waals surface area (Å²) in [6.45, 7) is 4.03. The molecular weight excluding hydrogens is 300 g/mol. The number of hydrogen-bond donors (Lipinski definition) is 1. The van der Waals surface area contributed by atoms with Crippen molar-refractivity contribution in [2.75, 3.05) is 25.0 Å². The average molecular weight is 324 g/mol. The van der Waals surface area contributed by atoms with Gasteiger partial charge in [-0.1, -0.05) is 30.3 Å². The molecule has 1 amide bonds. The summed E-state index contributed by atoms with van der Waals surface area (Å²) >= 11 is 0. The van der Waals surface area contributed by atoms with Crippen molar-refractivity contribution >= 4 is 11.6 Å². The molecule has 1 saturated heterocycles. The van der Waals surface area contributed by atoms with Gasteiger partial charge in [-0.15, -0.1) is 0 Å². The van der Waals surface area contributed by atoms with E-state index in [1.54, 1.807) is 0 Å². The standard InChI is InChI=1S/C20H24N2O2/c1-2-24-19-11-7-6-10-18(19)20(23)22-14-12-17(13-15-22)21-16-8-4-3-5-9-16/h3-11,17,21H,2,12-15H2,1H3. The van der Waals surface area contributed by atoms with Crippen LogP contribution in [0, 0.1) is 0 Å². The molecule has 0 radical (unpaired) electrons. The molecule has 0 aromatic heterocycles. The van der Waals surface area contributed by atoms with E-state index in [9.17, 15) is 4.79 Å². The van der Waals surface area contributed by atoms with Crippen molar-refractivity contribution in [3.63, 3.8) is 0 Å². The monoisotopic (exact) mass is 324 g/mol. The molecule has 0 atom stereocenters. The Morgan fingerprint density at radius 2 is 1.75 bits per heavy atom. The van der Waals surface area contributed by atoms with Crippen molar-refractivity contribution in [1.82, 2.24) is 4.90 Å². The smallest absolute Gasteiger partial charge is 0.257 e. The van der Waals surface area contributed by atoms with Crippen molar-refractivity contribution in [1.29, 1.82) is 0 Å². The summed E-state index contributed by atoms with van der Waals surface area (Å²) in [6.07, 6.45) is 1.91. The van der Waals surface area contributed by atoms with Crippen LogP contribution in [0.5, 0.6) is 5.75 Å². The lowest BCUT2D eigenvalue weighted by Gasteiger charge is -2.33. The van der Waals surface area contributed by atoms with Crippen LogP contribution in [0.4, 0.5) is 5.69 Å². The highest BCUT2D eigenvalue weighted by Crippen LogP contribution is 2.23. The van der Waals surface area contributed by atoms with Gasteiger partial charge in [0.25, 0.3) is 5.91 Å². The van der Waals surface area contributed by atoms with Crippen molar-refractivity contribution in [3.8, 4) is 5.75 Å². The first-order valence-electron chi connectivity index (χ1n) is 8.60. The van der Waals surface area contributed by atoms with Crippen LogP contribution >= 0.6 is 0 Å². The van der Waals surface area contributed by atoms with Crippen LogP contribution in [0.15, 0.2) is 54.6 Å². The summed E-state index contributed by atoms with van der Waals surface area (Å²) < 4.78 is 5.59. The van der Waals surface area contributed by atoms with Crippen LogP contribution in [0.1, 0.15) is 30.1 Å². The van der Waals surface area contributed by atoms with Gasteiger partial charge in [-0.3, -0.25) is 4.79 Å². The molecule has 0 bridgehead atoms. The zero-order valence-corrected chi connectivity index (χ0v) is 14.1. The molecule has 0 saturated carbocycles. The maximum Gasteiger partial charge on any atom is 0.257 e. The number of para-hydroxylation sites is 2. The van der Waals surface area contributed by atoms with Gasteiger partial charge in [-0.05, 0) is 44.0 Å². The highest BCUT2D eigenvalue weighted by Gasteiger charge is 2.25. The average Bonchev–Trinajstić information content (AvgIpc) is 2.63. The number of nitrogens with one attached hydrogen (secondary N) is 1. The fourth-order valence-corrected chi connectivity index (χ4v) is 3.09. The van der Waals surface area contributed by atoms with Gasteiger partial charge in [0.05, 0.1) is 12.2 Å². The first kappa shape index (κ1) is 16.4. The predicted octanol–water partition coefficient (Wildman–Crippen LogP) is 3.80. The number of anilines is 1. The van der Waals surface area contributed by atoms with E-state index in [0.717, 1.165) is 31.6 Å². The van der Waals surface area contributed by atoms with E-state index < -0.39 is 0 Å². The third-order valence-electron chi connectivity index (χ3n) is 4.34. The fraction of sp³-hybridized carbons (Fsp3) is 0.350. The molecule has 1 fully saturated rings. The summed E-state index contributed by atoms with van der Waals surface area (Å²) in [5.41, 5.74) is 1.80. The van der Waals surface area contributed by atoms with Gasteiger partial charge in [-0.2, -0.15) is 0 Å². The predicted molar refractivity (Wildman–Crippen MR) is 96.6 cm³/mol. The molecule has 0 aliphatic carbocycles. The SMILES string of the molecule is CCOc1ccccc1C(=O)N1CCC(Nc2ccccc2)CC1. The molecule has 0 unspecified atom stereocenters. The maximum absolute atomic E-state index is 12.8. The van der Waals surface area contributed by atoms with Gasteiger partial charge in [0.1, 0.15) is 5.75 Å². The van der Waals surface area contributed by atoms with E-state index in [-0.39, 0.29) is 5.91 Å². The summed E-state index contributed by atoms with van der Waals surface area (Å²) in [4.78, 5) is 14.7. The van der Waals surface area contributed by atoms with Crippen LogP contribution in [-0.2, 0) is 0 Å². The minimum atomic E-state index is 0.0669. The number of nitrogens with zero attached hydrogens (tertiary/aromatic N) is 1. The third-order valence-corrected chi connectivity index (χ3v) is 4.34. The Hall–Kier alpha value is -2.49. The first-order valence-corrected chi connectivity index (χ1v) is 8.60. The fourth-order valence-electron chi connectivity index (χ4n) is 3.09. The number of piperidine rings is 1. The van der Waals surface area contributed by atoms with Crippen LogP contribution in [0.25, 0.3) is 0 Å². The minimum absolute atomic E-state index is 0.0669. The molecule has 3 rings (SSSR count). The number of amides is 1. The summed E-state index contributed by atoms with van der Waals surface area (Å²) in [7, 11) is 0. The van der Waals surface area contributed by atoms with Crippen molar-refractivity contribution < 1.29 is 9.53 Å². The van der Waals surface area contributed by atoms with Gasteiger partial charge >= 0.3 is 0 Å². The molecule has 0 spiro atoms. The molecule has 1 N–H and O–H groups in total. The van der Waals surface area contributed by atoms with Crippen LogP contribution in [-0.4, -0.2) is 36.5 Å². The normalized spacial score (nSPS) is 15.1. The van der Waals surface area contributed by atoms with E-state index >= 15 is 0 Å². The largest absolute Gasteiger partial charge is 0.493 e. The summed E-state index contributed by atoms with van der Waals surface area (Å²) in [5.74, 6) is 0.742. The van der Waals surface area contributed by atoms with Gasteiger partial charge in [-0.25, -0.2) is 0 Å². The summed E-state index contributed by atoms with van der Waals surface area (Å²) in [6, 6.07) is 18.2. The highest BCUT2D eigenvalue weighted by atomic mass is 16.5. The highest BCUT2D eigenvalue weighted by molar-refractivity contribution is 5.97. The van der Waals surface area contributed by atoms with Crippen LogP contribution < -0.4 is 10.1 Å². The van der Waals surface area contributed by atoms with E-state index in [1.165, 1.54) is 0 Å². The Morgan fingerprint density at radius 3 is 2.46 bits per heavy atom. The molecule has 2 aromatic rings. The van der Waals surface area contributed by atoms with E-state index in [1.807, 2.05) is 54.3 Å². The van der Waals surface area contributed by atoms with Gasteiger partial charge in [0.15, 0.2) is 0 Å². The second-order valence-corrected chi connectivity index (χ2v) is 6.01. The zero-order chi connectivity index (χ0) is 16.8. The van der Waals surface area contributed by atoms with Gasteiger partial charge in [0.2, 0.25) is 0 Å². The number of carbonyl (C=O) groups excluding carboxylic acids is 1. The molecule has 1 heterocycles. The lowest BCUT2D eigenvalue weighted by atomic mass is 10.0. The van der Waals surface area contributed by atoms with E-state index in [2.05, 4.69) is 17.4 Å². The van der Waals surface area contributed by atoms with Crippen LogP contribution in [0.2, 0.25) is 0 Å². The number of rotatable bonds is 5. The minimum Gasteiger partial charge on any atom is -0.493 e.